The number of benzene rings is 1. The second kappa shape index (κ2) is 6.84. The summed E-state index contributed by atoms with van der Waals surface area (Å²) in [5.41, 5.74) is 1.84. The molecule has 1 aromatic carbocycles. The molecule has 7 heteroatoms. The van der Waals surface area contributed by atoms with E-state index in [4.69, 9.17) is 4.74 Å². The second-order valence-corrected chi connectivity index (χ2v) is 6.29. The van der Waals surface area contributed by atoms with E-state index in [0.717, 1.165) is 21.6 Å². The molecule has 0 aliphatic heterocycles. The van der Waals surface area contributed by atoms with Gasteiger partial charge in [0.15, 0.2) is 0 Å². The van der Waals surface area contributed by atoms with Gasteiger partial charge in [0.25, 0.3) is 5.91 Å². The minimum Gasteiger partial charge on any atom is -0.464 e. The Kier molecular flexibility index (Phi) is 4.61. The lowest BCUT2D eigenvalue weighted by molar-refractivity contribution is -0.140. The van der Waals surface area contributed by atoms with Gasteiger partial charge in [-0.1, -0.05) is 18.2 Å². The number of hydrogen-bond acceptors (Lipinski definition) is 5. The first-order valence-corrected chi connectivity index (χ1v) is 8.34. The first-order valence-electron chi connectivity index (χ1n) is 7.52. The molecular weight excluding hydrogens is 326 g/mol. The summed E-state index contributed by atoms with van der Waals surface area (Å²) < 4.78 is 6.66. The summed E-state index contributed by atoms with van der Waals surface area (Å²) >= 11 is 1.39. The smallest absolute Gasteiger partial charge is 0.302 e. The number of carbonyl (C=O) groups is 2. The summed E-state index contributed by atoms with van der Waals surface area (Å²) in [7, 11) is 0. The highest BCUT2D eigenvalue weighted by atomic mass is 32.1. The van der Waals surface area contributed by atoms with Crippen molar-refractivity contribution >= 4 is 33.4 Å². The van der Waals surface area contributed by atoms with Crippen molar-refractivity contribution in [1.82, 2.24) is 15.1 Å². The molecule has 0 radical (unpaired) electrons. The van der Waals surface area contributed by atoms with Gasteiger partial charge in [0.1, 0.15) is 11.4 Å². The van der Waals surface area contributed by atoms with Crippen LogP contribution in [0.1, 0.15) is 22.3 Å². The lowest BCUT2D eigenvalue weighted by Gasteiger charge is -2.04. The molecule has 0 unspecified atom stereocenters. The number of carbonyl (C=O) groups excluding carboxylic acids is 2. The molecule has 0 saturated heterocycles. The van der Waals surface area contributed by atoms with Crippen LogP contribution in [0.2, 0.25) is 0 Å². The highest BCUT2D eigenvalue weighted by Gasteiger charge is 2.16. The predicted molar refractivity (Wildman–Crippen MR) is 92.7 cm³/mol. The van der Waals surface area contributed by atoms with Gasteiger partial charge < -0.3 is 10.1 Å². The van der Waals surface area contributed by atoms with Crippen LogP contribution >= 0.6 is 11.3 Å². The van der Waals surface area contributed by atoms with Crippen molar-refractivity contribution in [3.05, 3.63) is 47.0 Å². The second-order valence-electron chi connectivity index (χ2n) is 5.26. The Balaban J connectivity index is 1.81. The van der Waals surface area contributed by atoms with E-state index >= 15 is 0 Å². The Bertz CT molecular complexity index is 883. The van der Waals surface area contributed by atoms with Crippen LogP contribution in [0.4, 0.5) is 0 Å². The van der Waals surface area contributed by atoms with Crippen molar-refractivity contribution in [1.29, 1.82) is 0 Å². The SMILES string of the molecule is CC(=O)OCCNC(=O)c1cc2c(C)nn(-c3ccccc3)c2s1. The van der Waals surface area contributed by atoms with Crippen LogP contribution in [-0.2, 0) is 9.53 Å². The van der Waals surface area contributed by atoms with Gasteiger partial charge in [0.05, 0.1) is 22.8 Å². The van der Waals surface area contributed by atoms with Crippen molar-refractivity contribution in [2.45, 2.75) is 13.8 Å². The lowest BCUT2D eigenvalue weighted by atomic mass is 10.3. The fourth-order valence-electron chi connectivity index (χ4n) is 2.35. The summed E-state index contributed by atoms with van der Waals surface area (Å²) in [6.07, 6.45) is 0. The van der Waals surface area contributed by atoms with Gasteiger partial charge in [-0.05, 0) is 25.1 Å². The first kappa shape index (κ1) is 16.2. The molecule has 124 valence electrons. The van der Waals surface area contributed by atoms with Gasteiger partial charge in [0, 0.05) is 12.3 Å². The fraction of sp³-hybridized carbons (Fsp3) is 0.235. The van der Waals surface area contributed by atoms with E-state index in [-0.39, 0.29) is 25.0 Å². The summed E-state index contributed by atoms with van der Waals surface area (Å²) in [5.74, 6) is -0.535. The van der Waals surface area contributed by atoms with Gasteiger partial charge in [-0.2, -0.15) is 5.10 Å². The van der Waals surface area contributed by atoms with Crippen molar-refractivity contribution in [2.24, 2.45) is 0 Å². The van der Waals surface area contributed by atoms with Crippen LogP contribution in [0.15, 0.2) is 36.4 Å². The van der Waals surface area contributed by atoms with Crippen LogP contribution in [0, 0.1) is 6.92 Å². The molecule has 3 aromatic rings. The molecule has 0 bridgehead atoms. The quantitative estimate of drug-likeness (QED) is 0.571. The monoisotopic (exact) mass is 343 g/mol. The van der Waals surface area contributed by atoms with Gasteiger partial charge in [-0.15, -0.1) is 11.3 Å². The highest BCUT2D eigenvalue weighted by Crippen LogP contribution is 2.30. The molecule has 0 aliphatic carbocycles. The van der Waals surface area contributed by atoms with Crippen molar-refractivity contribution in [3.63, 3.8) is 0 Å². The normalized spacial score (nSPS) is 10.8. The minimum atomic E-state index is -0.357. The summed E-state index contributed by atoms with van der Waals surface area (Å²) in [6.45, 7) is 3.72. The third kappa shape index (κ3) is 3.30. The Hall–Kier alpha value is -2.67. The maximum Gasteiger partial charge on any atom is 0.302 e. The minimum absolute atomic E-state index is 0.169. The largest absolute Gasteiger partial charge is 0.464 e. The van der Waals surface area contributed by atoms with Crippen LogP contribution < -0.4 is 5.32 Å². The summed E-state index contributed by atoms with van der Waals surface area (Å²) in [4.78, 5) is 24.5. The van der Waals surface area contributed by atoms with E-state index in [1.54, 1.807) is 0 Å². The maximum atomic E-state index is 12.2. The molecule has 6 nitrogen and oxygen atoms in total. The number of para-hydroxylation sites is 1. The third-order valence-electron chi connectivity index (χ3n) is 3.46. The number of nitrogens with zero attached hydrogens (tertiary/aromatic N) is 2. The fourth-order valence-corrected chi connectivity index (χ4v) is 3.45. The molecule has 0 aliphatic rings. The predicted octanol–water partition coefficient (Wildman–Crippen LogP) is 2.69. The zero-order chi connectivity index (χ0) is 17.1. The van der Waals surface area contributed by atoms with Gasteiger partial charge >= 0.3 is 5.97 Å². The zero-order valence-electron chi connectivity index (χ0n) is 13.4. The molecule has 0 saturated carbocycles. The van der Waals surface area contributed by atoms with Crippen LogP contribution in [-0.4, -0.2) is 34.8 Å². The van der Waals surface area contributed by atoms with E-state index in [1.807, 2.05) is 48.0 Å². The molecule has 0 fully saturated rings. The molecule has 1 N–H and O–H groups in total. The number of fused-ring (bicyclic) bond motifs is 1. The Morgan fingerprint density at radius 3 is 2.75 bits per heavy atom. The van der Waals surface area contributed by atoms with Gasteiger partial charge in [0.2, 0.25) is 0 Å². The zero-order valence-corrected chi connectivity index (χ0v) is 14.2. The molecule has 3 rings (SSSR count). The Morgan fingerprint density at radius 2 is 2.04 bits per heavy atom. The van der Waals surface area contributed by atoms with Gasteiger partial charge in [-0.25, -0.2) is 4.68 Å². The third-order valence-corrected chi connectivity index (χ3v) is 4.57. The first-order chi connectivity index (χ1) is 11.6. The average Bonchev–Trinajstić information content (AvgIpc) is 3.13. The molecular formula is C17H17N3O3S. The van der Waals surface area contributed by atoms with Crippen LogP contribution in [0.5, 0.6) is 0 Å². The standard InChI is InChI=1S/C17H17N3O3S/c1-11-14-10-15(16(22)18-8-9-23-12(2)21)24-17(14)20(19-11)13-6-4-3-5-7-13/h3-7,10H,8-9H2,1-2H3,(H,18,22). The molecule has 2 heterocycles. The topological polar surface area (TPSA) is 73.2 Å². The van der Waals surface area contributed by atoms with Gasteiger partial charge in [-0.3, -0.25) is 9.59 Å². The number of hydrogen-bond donors (Lipinski definition) is 1. The molecule has 2 aromatic heterocycles. The number of rotatable bonds is 5. The number of aryl methyl sites for hydroxylation is 1. The number of aromatic nitrogens is 2. The van der Waals surface area contributed by atoms with E-state index in [9.17, 15) is 9.59 Å². The van der Waals surface area contributed by atoms with E-state index in [2.05, 4.69) is 10.4 Å². The molecule has 0 spiro atoms. The highest BCUT2D eigenvalue weighted by molar-refractivity contribution is 7.20. The average molecular weight is 343 g/mol. The molecule has 24 heavy (non-hydrogen) atoms. The van der Waals surface area contributed by atoms with E-state index < -0.39 is 0 Å². The Labute approximate surface area is 143 Å². The number of ether oxygens (including phenoxy) is 1. The van der Waals surface area contributed by atoms with Crippen LogP contribution in [0.25, 0.3) is 15.9 Å². The Morgan fingerprint density at radius 1 is 1.29 bits per heavy atom. The van der Waals surface area contributed by atoms with Crippen LogP contribution in [0.3, 0.4) is 0 Å². The number of amides is 1. The molecule has 1 amide bonds. The maximum absolute atomic E-state index is 12.2. The summed E-state index contributed by atoms with van der Waals surface area (Å²) in [6, 6.07) is 11.7. The molecule has 0 atom stereocenters. The van der Waals surface area contributed by atoms with Crippen molar-refractivity contribution < 1.29 is 14.3 Å². The number of nitrogens with one attached hydrogen (secondary N) is 1. The lowest BCUT2D eigenvalue weighted by Crippen LogP contribution is -2.27. The van der Waals surface area contributed by atoms with Crippen molar-refractivity contribution in [2.75, 3.05) is 13.2 Å². The van der Waals surface area contributed by atoms with E-state index in [1.165, 1.54) is 18.3 Å². The number of thiophene rings is 1. The number of esters is 1. The van der Waals surface area contributed by atoms with Crippen molar-refractivity contribution in [3.8, 4) is 5.69 Å². The van der Waals surface area contributed by atoms with E-state index in [0.29, 0.717) is 4.88 Å². The summed E-state index contributed by atoms with van der Waals surface area (Å²) in [5, 5.41) is 8.27.